The molecule has 1 aromatic carbocycles. The molecule has 0 saturated heterocycles. The molecule has 0 bridgehead atoms. The van der Waals surface area contributed by atoms with E-state index in [9.17, 15) is 8.42 Å². The van der Waals surface area contributed by atoms with Crippen molar-refractivity contribution in [1.29, 1.82) is 0 Å². The van der Waals surface area contributed by atoms with Crippen molar-refractivity contribution in [2.45, 2.75) is 31.2 Å². The van der Waals surface area contributed by atoms with Crippen LogP contribution in [-0.4, -0.2) is 24.9 Å². The van der Waals surface area contributed by atoms with Crippen LogP contribution in [0.15, 0.2) is 29.4 Å². The van der Waals surface area contributed by atoms with Gasteiger partial charge >= 0.3 is 0 Å². The molecular formula is C14H18N4O2S. The van der Waals surface area contributed by atoms with Crippen LogP contribution in [0.1, 0.15) is 24.7 Å². The molecule has 21 heavy (non-hydrogen) atoms. The van der Waals surface area contributed by atoms with Gasteiger partial charge in [-0.3, -0.25) is 4.31 Å². The number of sulfonamides is 1. The molecule has 0 saturated carbocycles. The third-order valence-corrected chi connectivity index (χ3v) is 5.41. The Kier molecular flexibility index (Phi) is 3.36. The largest absolute Gasteiger partial charge is 0.399 e. The zero-order chi connectivity index (χ0) is 15.0. The van der Waals surface area contributed by atoms with Crippen LogP contribution in [0.2, 0.25) is 0 Å². The lowest BCUT2D eigenvalue weighted by Crippen LogP contribution is -2.35. The van der Waals surface area contributed by atoms with Gasteiger partial charge in [0.05, 0.1) is 11.9 Å². The Hall–Kier alpha value is -2.02. The summed E-state index contributed by atoms with van der Waals surface area (Å²) in [5.41, 5.74) is 8.12. The molecule has 0 amide bonds. The van der Waals surface area contributed by atoms with Crippen molar-refractivity contribution in [1.82, 2.24) is 9.97 Å². The first-order valence-corrected chi connectivity index (χ1v) is 8.41. The van der Waals surface area contributed by atoms with Crippen LogP contribution < -0.4 is 10.0 Å². The molecule has 3 N–H and O–H groups in total. The second-order valence-corrected chi connectivity index (χ2v) is 6.95. The quantitative estimate of drug-likeness (QED) is 0.844. The van der Waals surface area contributed by atoms with Gasteiger partial charge in [-0.2, -0.15) is 8.42 Å². The normalized spacial score (nSPS) is 15.0. The molecule has 6 nitrogen and oxygen atoms in total. The van der Waals surface area contributed by atoms with Gasteiger partial charge < -0.3 is 10.7 Å². The number of rotatable bonds is 3. The van der Waals surface area contributed by atoms with E-state index in [-0.39, 0.29) is 5.03 Å². The average Bonchev–Trinajstić information content (AvgIpc) is 2.96. The molecule has 0 fully saturated rings. The van der Waals surface area contributed by atoms with E-state index < -0.39 is 10.0 Å². The Bertz CT molecular complexity index is 767. The van der Waals surface area contributed by atoms with E-state index in [0.29, 0.717) is 30.2 Å². The summed E-state index contributed by atoms with van der Waals surface area (Å²) in [6.07, 6.45) is 3.68. The van der Waals surface area contributed by atoms with Gasteiger partial charge in [-0.15, -0.1) is 0 Å². The summed E-state index contributed by atoms with van der Waals surface area (Å²) in [5.74, 6) is 0.670. The summed E-state index contributed by atoms with van der Waals surface area (Å²) in [4.78, 5) is 6.96. The lowest BCUT2D eigenvalue weighted by atomic mass is 10.0. The van der Waals surface area contributed by atoms with E-state index in [1.54, 1.807) is 12.1 Å². The van der Waals surface area contributed by atoms with Gasteiger partial charge in [-0.1, -0.05) is 6.92 Å². The highest BCUT2D eigenvalue weighted by molar-refractivity contribution is 7.92. The minimum Gasteiger partial charge on any atom is -0.399 e. The number of nitrogens with zero attached hydrogens (tertiary/aromatic N) is 2. The molecule has 3 rings (SSSR count). The topological polar surface area (TPSA) is 92.1 Å². The minimum atomic E-state index is -3.60. The van der Waals surface area contributed by atoms with Gasteiger partial charge in [-0.25, -0.2) is 4.98 Å². The van der Waals surface area contributed by atoms with Crippen molar-refractivity contribution in [2.75, 3.05) is 16.6 Å². The number of nitrogens with one attached hydrogen (secondary N) is 1. The summed E-state index contributed by atoms with van der Waals surface area (Å²) in [7, 11) is -3.60. The Labute approximate surface area is 124 Å². The van der Waals surface area contributed by atoms with Gasteiger partial charge in [0.15, 0.2) is 5.03 Å². The number of benzene rings is 1. The van der Waals surface area contributed by atoms with Crippen LogP contribution >= 0.6 is 0 Å². The number of nitrogens with two attached hydrogens (primary N) is 1. The molecule has 0 spiro atoms. The molecule has 0 atom stereocenters. The van der Waals surface area contributed by atoms with E-state index in [4.69, 9.17) is 5.73 Å². The first-order chi connectivity index (χ1) is 10.0. The van der Waals surface area contributed by atoms with Crippen molar-refractivity contribution >= 4 is 21.4 Å². The standard InChI is InChI=1S/C14H18N4O2S/c1-2-13-16-9-14(17-13)21(19,20)18-7-3-4-10-8-11(15)5-6-12(10)18/h5-6,8-9H,2-4,7,15H2,1H3,(H,16,17). The van der Waals surface area contributed by atoms with E-state index in [0.717, 1.165) is 18.4 Å². The maximum atomic E-state index is 12.8. The molecular weight excluding hydrogens is 288 g/mol. The molecule has 1 aliphatic rings. The molecule has 0 unspecified atom stereocenters. The number of nitrogen functional groups attached to an aromatic ring is 1. The number of aromatic amines is 1. The van der Waals surface area contributed by atoms with Crippen LogP contribution in [0.5, 0.6) is 0 Å². The predicted octanol–water partition coefficient (Wildman–Crippen LogP) is 1.70. The van der Waals surface area contributed by atoms with Gasteiger partial charge in [-0.05, 0) is 36.6 Å². The molecule has 0 aliphatic carbocycles. The number of H-pyrrole nitrogens is 1. The minimum absolute atomic E-state index is 0.143. The van der Waals surface area contributed by atoms with Crippen molar-refractivity contribution in [3.63, 3.8) is 0 Å². The Morgan fingerprint density at radius 3 is 2.95 bits per heavy atom. The second kappa shape index (κ2) is 5.07. The fraction of sp³-hybridized carbons (Fsp3) is 0.357. The summed E-state index contributed by atoms with van der Waals surface area (Å²) in [6.45, 7) is 2.40. The van der Waals surface area contributed by atoms with Crippen molar-refractivity contribution < 1.29 is 8.42 Å². The van der Waals surface area contributed by atoms with Gasteiger partial charge in [0.2, 0.25) is 0 Å². The van der Waals surface area contributed by atoms with Crippen LogP contribution in [0, 0.1) is 0 Å². The molecule has 0 radical (unpaired) electrons. The third kappa shape index (κ3) is 2.37. The molecule has 2 heterocycles. The summed E-state index contributed by atoms with van der Waals surface area (Å²) < 4.78 is 27.0. The van der Waals surface area contributed by atoms with Crippen molar-refractivity contribution in [2.24, 2.45) is 0 Å². The molecule has 1 aliphatic heterocycles. The summed E-state index contributed by atoms with van der Waals surface area (Å²) in [5, 5.41) is 0.143. The number of aromatic nitrogens is 2. The second-order valence-electron chi connectivity index (χ2n) is 5.12. The Morgan fingerprint density at radius 2 is 2.24 bits per heavy atom. The monoisotopic (exact) mass is 306 g/mol. The number of anilines is 2. The van der Waals surface area contributed by atoms with Crippen LogP contribution in [0.3, 0.4) is 0 Å². The highest BCUT2D eigenvalue weighted by Crippen LogP contribution is 2.32. The van der Waals surface area contributed by atoms with E-state index in [2.05, 4.69) is 9.97 Å². The first kappa shape index (κ1) is 13.9. The van der Waals surface area contributed by atoms with Gasteiger partial charge in [0, 0.05) is 18.7 Å². The Balaban J connectivity index is 2.05. The average molecular weight is 306 g/mol. The van der Waals surface area contributed by atoms with E-state index >= 15 is 0 Å². The highest BCUT2D eigenvalue weighted by atomic mass is 32.2. The van der Waals surface area contributed by atoms with Crippen LogP contribution in [0.25, 0.3) is 0 Å². The van der Waals surface area contributed by atoms with Gasteiger partial charge in [0.25, 0.3) is 10.0 Å². The smallest absolute Gasteiger partial charge is 0.281 e. The van der Waals surface area contributed by atoms with Crippen LogP contribution in [0.4, 0.5) is 11.4 Å². The fourth-order valence-corrected chi connectivity index (χ4v) is 4.08. The zero-order valence-corrected chi connectivity index (χ0v) is 12.7. The summed E-state index contributed by atoms with van der Waals surface area (Å²) >= 11 is 0. The number of aryl methyl sites for hydroxylation is 2. The maximum absolute atomic E-state index is 12.8. The Morgan fingerprint density at radius 1 is 1.43 bits per heavy atom. The molecule has 1 aromatic heterocycles. The lowest BCUT2D eigenvalue weighted by molar-refractivity contribution is 0.583. The van der Waals surface area contributed by atoms with Crippen molar-refractivity contribution in [3.05, 3.63) is 35.8 Å². The van der Waals surface area contributed by atoms with E-state index in [1.165, 1.54) is 10.5 Å². The highest BCUT2D eigenvalue weighted by Gasteiger charge is 2.30. The first-order valence-electron chi connectivity index (χ1n) is 6.97. The van der Waals surface area contributed by atoms with Crippen LogP contribution in [-0.2, 0) is 22.9 Å². The molecule has 112 valence electrons. The summed E-state index contributed by atoms with van der Waals surface area (Å²) in [6, 6.07) is 5.36. The number of imidazole rings is 1. The number of fused-ring (bicyclic) bond motifs is 1. The molecule has 7 heteroatoms. The van der Waals surface area contributed by atoms with Gasteiger partial charge in [0.1, 0.15) is 5.82 Å². The number of hydrogen-bond donors (Lipinski definition) is 2. The maximum Gasteiger partial charge on any atom is 0.281 e. The van der Waals surface area contributed by atoms with Crippen molar-refractivity contribution in [3.8, 4) is 0 Å². The zero-order valence-electron chi connectivity index (χ0n) is 11.8. The SMILES string of the molecule is CCc1ncc(S(=O)(=O)N2CCCc3cc(N)ccc32)[nH]1. The third-order valence-electron chi connectivity index (χ3n) is 3.69. The lowest BCUT2D eigenvalue weighted by Gasteiger charge is -2.30. The molecule has 2 aromatic rings. The number of hydrogen-bond acceptors (Lipinski definition) is 4. The van der Waals surface area contributed by atoms with E-state index in [1.807, 2.05) is 13.0 Å². The fourth-order valence-electron chi connectivity index (χ4n) is 2.60. The predicted molar refractivity (Wildman–Crippen MR) is 81.7 cm³/mol.